The van der Waals surface area contributed by atoms with Crippen LogP contribution in [0.25, 0.3) is 0 Å². The maximum absolute atomic E-state index is 14.9. The molecule has 2 aliphatic heterocycles. The zero-order valence-electron chi connectivity index (χ0n) is 16.6. The van der Waals surface area contributed by atoms with Gasteiger partial charge in [-0.1, -0.05) is 53.6 Å². The van der Waals surface area contributed by atoms with Crippen molar-refractivity contribution in [2.75, 3.05) is 6.54 Å². The molecule has 3 heteroatoms. The van der Waals surface area contributed by atoms with Gasteiger partial charge in [-0.25, -0.2) is 14.8 Å². The Morgan fingerprint density at radius 1 is 1.15 bits per heavy atom. The van der Waals surface area contributed by atoms with Crippen molar-refractivity contribution < 1.29 is 4.39 Å². The highest BCUT2D eigenvalue weighted by Gasteiger charge is 2.55. The van der Waals surface area contributed by atoms with E-state index in [0.717, 1.165) is 43.4 Å². The van der Waals surface area contributed by atoms with Crippen molar-refractivity contribution in [2.45, 2.75) is 58.0 Å². The molecule has 0 spiro atoms. The fourth-order valence-corrected chi connectivity index (χ4v) is 4.73. The molecule has 2 saturated heterocycles. The van der Waals surface area contributed by atoms with E-state index in [9.17, 15) is 4.39 Å². The first kappa shape index (κ1) is 18.4. The molecule has 0 saturated carbocycles. The molecule has 0 radical (unpaired) electrons. The van der Waals surface area contributed by atoms with Gasteiger partial charge in [0.15, 0.2) is 0 Å². The fourth-order valence-electron chi connectivity index (χ4n) is 4.73. The third-order valence-electron chi connectivity index (χ3n) is 6.32. The first-order valence-electron chi connectivity index (χ1n) is 10.0. The van der Waals surface area contributed by atoms with E-state index < -0.39 is 0 Å². The second-order valence-corrected chi connectivity index (χ2v) is 8.23. The van der Waals surface area contributed by atoms with Crippen LogP contribution < -0.4 is 5.43 Å². The van der Waals surface area contributed by atoms with Gasteiger partial charge in [0, 0.05) is 18.2 Å². The van der Waals surface area contributed by atoms with Crippen molar-refractivity contribution in [2.24, 2.45) is 0 Å². The minimum Gasteiger partial charge on any atom is -0.250 e. The molecule has 2 heterocycles. The number of rotatable bonds is 4. The van der Waals surface area contributed by atoms with Gasteiger partial charge >= 0.3 is 0 Å². The number of aryl methyl sites for hydroxylation is 3. The molecule has 2 aromatic rings. The molecule has 0 aliphatic carbocycles. The molecule has 1 N–H and O–H groups in total. The zero-order valence-corrected chi connectivity index (χ0v) is 16.6. The number of hydrogen-bond donors (Lipinski definition) is 1. The Kier molecular flexibility index (Phi) is 4.92. The van der Waals surface area contributed by atoms with Gasteiger partial charge in [0.2, 0.25) is 0 Å². The van der Waals surface area contributed by atoms with Crippen LogP contribution in [0.1, 0.15) is 48.4 Å². The lowest BCUT2D eigenvalue weighted by Gasteiger charge is -2.61. The van der Waals surface area contributed by atoms with Gasteiger partial charge in [-0.15, -0.1) is 0 Å². The predicted molar refractivity (Wildman–Crippen MR) is 109 cm³/mol. The van der Waals surface area contributed by atoms with E-state index in [-0.39, 0.29) is 11.4 Å². The maximum atomic E-state index is 14.9. The van der Waals surface area contributed by atoms with Crippen LogP contribution in [0.15, 0.2) is 54.1 Å². The normalized spacial score (nSPS) is 26.7. The summed E-state index contributed by atoms with van der Waals surface area (Å²) < 4.78 is 14.9. The highest BCUT2D eigenvalue weighted by atomic mass is 19.1. The highest BCUT2D eigenvalue weighted by molar-refractivity contribution is 5.36. The summed E-state index contributed by atoms with van der Waals surface area (Å²) in [6.45, 7) is 7.02. The molecule has 2 fully saturated rings. The largest absolute Gasteiger partial charge is 0.250 e. The van der Waals surface area contributed by atoms with E-state index in [1.54, 1.807) is 6.07 Å². The number of benzene rings is 2. The second kappa shape index (κ2) is 7.21. The molecule has 0 amide bonds. The van der Waals surface area contributed by atoms with Gasteiger partial charge in [-0.3, -0.25) is 0 Å². The monoisotopic (exact) mass is 364 g/mol. The summed E-state index contributed by atoms with van der Waals surface area (Å²) >= 11 is 0. The van der Waals surface area contributed by atoms with Crippen LogP contribution in [0, 0.1) is 19.7 Å². The van der Waals surface area contributed by atoms with E-state index in [2.05, 4.69) is 54.6 Å². The summed E-state index contributed by atoms with van der Waals surface area (Å²) in [7, 11) is 0. The molecule has 0 aromatic heterocycles. The van der Waals surface area contributed by atoms with Crippen molar-refractivity contribution in [3.05, 3.63) is 82.2 Å². The maximum Gasteiger partial charge on any atom is 0.128 e. The molecular weight excluding hydrogens is 335 g/mol. The van der Waals surface area contributed by atoms with Crippen LogP contribution in [0.5, 0.6) is 0 Å². The Morgan fingerprint density at radius 2 is 1.89 bits per heavy atom. The number of nitrogens with zero attached hydrogens (tertiary/aromatic N) is 1. The topological polar surface area (TPSA) is 15.3 Å². The third kappa shape index (κ3) is 3.35. The lowest BCUT2D eigenvalue weighted by molar-refractivity contribution is -0.136. The molecule has 27 heavy (non-hydrogen) atoms. The molecule has 2 aromatic carbocycles. The minimum atomic E-state index is -0.240. The average molecular weight is 365 g/mol. The van der Waals surface area contributed by atoms with Crippen LogP contribution in [0.3, 0.4) is 0 Å². The third-order valence-corrected chi connectivity index (χ3v) is 6.32. The lowest BCUT2D eigenvalue weighted by Crippen LogP contribution is -2.71. The van der Waals surface area contributed by atoms with Crippen molar-refractivity contribution in [3.63, 3.8) is 0 Å². The van der Waals surface area contributed by atoms with Crippen molar-refractivity contribution >= 4 is 0 Å². The Balaban J connectivity index is 1.55. The first-order valence-corrected chi connectivity index (χ1v) is 10.0. The minimum absolute atomic E-state index is 0.0730. The van der Waals surface area contributed by atoms with E-state index in [1.807, 2.05) is 19.1 Å². The lowest BCUT2D eigenvalue weighted by atomic mass is 9.68. The molecule has 2 unspecified atom stereocenters. The van der Waals surface area contributed by atoms with Crippen molar-refractivity contribution in [3.8, 4) is 0 Å². The summed E-state index contributed by atoms with van der Waals surface area (Å²) in [5.74, 6) is -0.0730. The number of allylic oxidation sites excluding steroid dienone is 1. The molecule has 4 rings (SSSR count). The Hall–Kier alpha value is -1.97. The van der Waals surface area contributed by atoms with E-state index in [0.29, 0.717) is 6.04 Å². The van der Waals surface area contributed by atoms with Crippen molar-refractivity contribution in [1.82, 2.24) is 10.4 Å². The summed E-state index contributed by atoms with van der Waals surface area (Å²) in [6.07, 6.45) is 6.25. The summed E-state index contributed by atoms with van der Waals surface area (Å²) in [6, 6.07) is 15.0. The van der Waals surface area contributed by atoms with Gasteiger partial charge in [0.05, 0.1) is 5.54 Å². The predicted octanol–water partition coefficient (Wildman–Crippen LogP) is 5.20. The zero-order chi connectivity index (χ0) is 19.0. The molecule has 2 aliphatic rings. The Bertz CT molecular complexity index is 855. The van der Waals surface area contributed by atoms with Gasteiger partial charge in [-0.2, -0.15) is 0 Å². The van der Waals surface area contributed by atoms with Gasteiger partial charge in [-0.05, 0) is 63.6 Å². The second-order valence-electron chi connectivity index (χ2n) is 8.23. The number of hydrogen-bond acceptors (Lipinski definition) is 2. The van der Waals surface area contributed by atoms with Crippen LogP contribution in [-0.4, -0.2) is 17.6 Å². The van der Waals surface area contributed by atoms with E-state index >= 15 is 0 Å². The first-order chi connectivity index (χ1) is 13.0. The highest BCUT2D eigenvalue weighted by Crippen LogP contribution is 2.51. The summed E-state index contributed by atoms with van der Waals surface area (Å²) in [5, 5.41) is 2.35. The molecule has 2 nitrogen and oxygen atoms in total. The average Bonchev–Trinajstić information content (AvgIpc) is 2.64. The molecular formula is C24H29FN2. The summed E-state index contributed by atoms with van der Waals surface area (Å²) in [5.41, 5.74) is 9.21. The van der Waals surface area contributed by atoms with Gasteiger partial charge < -0.3 is 0 Å². The molecule has 0 bridgehead atoms. The molecule has 142 valence electrons. The SMILES string of the molecule is C/C=C1/CNN2C(CCc3ccc(C)cc3)CC2(c2ccc(C)cc2F)C1. The van der Waals surface area contributed by atoms with E-state index in [1.165, 1.54) is 16.7 Å². The number of halogens is 1. The van der Waals surface area contributed by atoms with Crippen LogP contribution in [-0.2, 0) is 12.0 Å². The van der Waals surface area contributed by atoms with E-state index in [4.69, 9.17) is 0 Å². The summed E-state index contributed by atoms with van der Waals surface area (Å²) in [4.78, 5) is 0. The standard InChI is InChI=1S/C24H29FN2/c1-4-19-14-24(22-12-7-18(3)13-23(22)25)15-21(27(24)26-16-19)11-10-20-8-5-17(2)6-9-20/h4-9,12-13,21,26H,10-11,14-16H2,1-3H3/b19-4+. The van der Waals surface area contributed by atoms with Gasteiger partial charge in [0.25, 0.3) is 0 Å². The number of fused-ring (bicyclic) bond motifs is 1. The smallest absolute Gasteiger partial charge is 0.128 e. The van der Waals surface area contributed by atoms with Crippen molar-refractivity contribution in [1.29, 1.82) is 0 Å². The van der Waals surface area contributed by atoms with Crippen LogP contribution in [0.4, 0.5) is 4.39 Å². The van der Waals surface area contributed by atoms with Gasteiger partial charge in [0.1, 0.15) is 5.82 Å². The quantitative estimate of drug-likeness (QED) is 0.750. The number of nitrogens with one attached hydrogen (secondary N) is 1. The molecule has 2 atom stereocenters. The Labute approximate surface area is 162 Å². The number of hydrazine groups is 1. The van der Waals surface area contributed by atoms with Crippen LogP contribution in [0.2, 0.25) is 0 Å². The Morgan fingerprint density at radius 3 is 2.59 bits per heavy atom. The van der Waals surface area contributed by atoms with Crippen LogP contribution >= 0.6 is 0 Å². The fraction of sp³-hybridized carbons (Fsp3) is 0.417.